The lowest BCUT2D eigenvalue weighted by atomic mass is 10.1. The fourth-order valence-corrected chi connectivity index (χ4v) is 2.59. The van der Waals surface area contributed by atoms with Gasteiger partial charge in [0.05, 0.1) is 13.2 Å². The SMILES string of the molecule is CC(CN1CCOCC1)NC(C)c1ccccc1O. The Morgan fingerprint density at radius 2 is 1.95 bits per heavy atom. The van der Waals surface area contributed by atoms with Crippen LogP contribution in [-0.4, -0.2) is 48.9 Å². The molecule has 4 nitrogen and oxygen atoms in total. The topological polar surface area (TPSA) is 44.7 Å². The van der Waals surface area contributed by atoms with E-state index in [1.54, 1.807) is 6.07 Å². The first-order valence-corrected chi connectivity index (χ1v) is 7.01. The molecule has 0 radical (unpaired) electrons. The zero-order valence-corrected chi connectivity index (χ0v) is 11.8. The Balaban J connectivity index is 1.84. The molecule has 4 heteroatoms. The van der Waals surface area contributed by atoms with Crippen molar-refractivity contribution in [2.24, 2.45) is 0 Å². The number of phenolic OH excluding ortho intramolecular Hbond substituents is 1. The smallest absolute Gasteiger partial charge is 0.120 e. The predicted octanol–water partition coefficient (Wildman–Crippen LogP) is 1.76. The van der Waals surface area contributed by atoms with E-state index in [1.165, 1.54) is 0 Å². The molecule has 1 aromatic carbocycles. The first-order chi connectivity index (χ1) is 9.16. The van der Waals surface area contributed by atoms with Crippen molar-refractivity contribution in [1.82, 2.24) is 10.2 Å². The quantitative estimate of drug-likeness (QED) is 0.850. The summed E-state index contributed by atoms with van der Waals surface area (Å²) < 4.78 is 5.35. The zero-order valence-electron chi connectivity index (χ0n) is 11.8. The van der Waals surface area contributed by atoms with Crippen LogP contribution >= 0.6 is 0 Å². The number of ether oxygens (including phenoxy) is 1. The number of nitrogens with one attached hydrogen (secondary N) is 1. The molecule has 0 aromatic heterocycles. The normalized spacial score (nSPS) is 20.1. The van der Waals surface area contributed by atoms with Gasteiger partial charge < -0.3 is 15.2 Å². The molecule has 1 aliphatic heterocycles. The Hall–Kier alpha value is -1.10. The molecule has 106 valence electrons. The molecule has 0 bridgehead atoms. The summed E-state index contributed by atoms with van der Waals surface area (Å²) in [5.74, 6) is 0.362. The van der Waals surface area contributed by atoms with Crippen molar-refractivity contribution >= 4 is 0 Å². The first kappa shape index (κ1) is 14.3. The monoisotopic (exact) mass is 264 g/mol. The number of para-hydroxylation sites is 1. The van der Waals surface area contributed by atoms with Crippen LogP contribution in [0.2, 0.25) is 0 Å². The minimum Gasteiger partial charge on any atom is -0.508 e. The fourth-order valence-electron chi connectivity index (χ4n) is 2.59. The van der Waals surface area contributed by atoms with Crippen molar-refractivity contribution in [3.63, 3.8) is 0 Å². The van der Waals surface area contributed by atoms with Gasteiger partial charge in [0.25, 0.3) is 0 Å². The summed E-state index contributed by atoms with van der Waals surface area (Å²) in [7, 11) is 0. The van der Waals surface area contributed by atoms with Gasteiger partial charge in [0, 0.05) is 37.3 Å². The second kappa shape index (κ2) is 6.89. The maximum absolute atomic E-state index is 9.85. The highest BCUT2D eigenvalue weighted by molar-refractivity contribution is 5.34. The second-order valence-electron chi connectivity index (χ2n) is 5.26. The van der Waals surface area contributed by atoms with Gasteiger partial charge in [-0.2, -0.15) is 0 Å². The second-order valence-corrected chi connectivity index (χ2v) is 5.26. The van der Waals surface area contributed by atoms with Gasteiger partial charge in [0.2, 0.25) is 0 Å². The first-order valence-electron chi connectivity index (χ1n) is 7.01. The predicted molar refractivity (Wildman–Crippen MR) is 76.4 cm³/mol. The van der Waals surface area contributed by atoms with E-state index in [2.05, 4.69) is 24.1 Å². The molecule has 2 unspecified atom stereocenters. The summed E-state index contributed by atoms with van der Waals surface area (Å²) in [6, 6.07) is 8.04. The molecule has 0 aliphatic carbocycles. The molecule has 2 rings (SSSR count). The molecule has 1 heterocycles. The third-order valence-corrected chi connectivity index (χ3v) is 3.57. The summed E-state index contributed by atoms with van der Waals surface area (Å²) in [5, 5.41) is 13.4. The van der Waals surface area contributed by atoms with Gasteiger partial charge in [-0.25, -0.2) is 0 Å². The van der Waals surface area contributed by atoms with E-state index >= 15 is 0 Å². The van der Waals surface area contributed by atoms with Crippen molar-refractivity contribution in [2.75, 3.05) is 32.8 Å². The van der Waals surface area contributed by atoms with Gasteiger partial charge in [-0.3, -0.25) is 4.90 Å². The van der Waals surface area contributed by atoms with Crippen molar-refractivity contribution < 1.29 is 9.84 Å². The molecule has 1 saturated heterocycles. The standard InChI is InChI=1S/C15H24N2O2/c1-12(11-17-7-9-19-10-8-17)16-13(2)14-5-3-4-6-15(14)18/h3-6,12-13,16,18H,7-11H2,1-2H3. The number of hydrogen-bond acceptors (Lipinski definition) is 4. The third kappa shape index (κ3) is 4.20. The highest BCUT2D eigenvalue weighted by Crippen LogP contribution is 2.23. The van der Waals surface area contributed by atoms with Gasteiger partial charge in [0.1, 0.15) is 5.75 Å². The molecule has 2 atom stereocenters. The van der Waals surface area contributed by atoms with E-state index in [-0.39, 0.29) is 6.04 Å². The van der Waals surface area contributed by atoms with Gasteiger partial charge in [-0.1, -0.05) is 18.2 Å². The number of aromatic hydroxyl groups is 1. The lowest BCUT2D eigenvalue weighted by Gasteiger charge is -2.30. The Bertz CT molecular complexity index is 391. The molecular weight excluding hydrogens is 240 g/mol. The summed E-state index contributed by atoms with van der Waals surface area (Å²) >= 11 is 0. The Morgan fingerprint density at radius 3 is 2.63 bits per heavy atom. The fraction of sp³-hybridized carbons (Fsp3) is 0.600. The molecule has 0 amide bonds. The molecule has 1 aliphatic rings. The number of rotatable bonds is 5. The molecular formula is C15H24N2O2. The number of hydrogen-bond donors (Lipinski definition) is 2. The van der Waals surface area contributed by atoms with Gasteiger partial charge in [-0.15, -0.1) is 0 Å². The average molecular weight is 264 g/mol. The van der Waals surface area contributed by atoms with Crippen LogP contribution in [0, 0.1) is 0 Å². The molecule has 1 aromatic rings. The van der Waals surface area contributed by atoms with Crippen LogP contribution in [0.5, 0.6) is 5.75 Å². The van der Waals surface area contributed by atoms with Crippen molar-refractivity contribution in [1.29, 1.82) is 0 Å². The average Bonchev–Trinajstić information content (AvgIpc) is 2.40. The van der Waals surface area contributed by atoms with E-state index in [9.17, 15) is 5.11 Å². The maximum atomic E-state index is 9.85. The number of phenols is 1. The van der Waals surface area contributed by atoms with Crippen molar-refractivity contribution in [3.8, 4) is 5.75 Å². The van der Waals surface area contributed by atoms with Crippen LogP contribution in [0.4, 0.5) is 0 Å². The summed E-state index contributed by atoms with van der Waals surface area (Å²) in [4.78, 5) is 2.42. The van der Waals surface area contributed by atoms with Crippen molar-refractivity contribution in [2.45, 2.75) is 25.9 Å². The molecule has 0 saturated carbocycles. The summed E-state index contributed by atoms with van der Waals surface area (Å²) in [5.41, 5.74) is 0.955. The lowest BCUT2D eigenvalue weighted by molar-refractivity contribution is 0.0339. The lowest BCUT2D eigenvalue weighted by Crippen LogP contribution is -2.44. The molecule has 0 spiro atoms. The summed E-state index contributed by atoms with van der Waals surface area (Å²) in [6.45, 7) is 8.98. The van der Waals surface area contributed by atoms with Gasteiger partial charge in [-0.05, 0) is 19.9 Å². The van der Waals surface area contributed by atoms with Crippen LogP contribution in [0.3, 0.4) is 0 Å². The minimum absolute atomic E-state index is 0.150. The highest BCUT2D eigenvalue weighted by Gasteiger charge is 2.16. The van der Waals surface area contributed by atoms with Crippen molar-refractivity contribution in [3.05, 3.63) is 29.8 Å². The van der Waals surface area contributed by atoms with Crippen LogP contribution in [0.15, 0.2) is 24.3 Å². The third-order valence-electron chi connectivity index (χ3n) is 3.57. The maximum Gasteiger partial charge on any atom is 0.120 e. The number of morpholine rings is 1. The Morgan fingerprint density at radius 1 is 1.26 bits per heavy atom. The van der Waals surface area contributed by atoms with E-state index in [4.69, 9.17) is 4.74 Å². The highest BCUT2D eigenvalue weighted by atomic mass is 16.5. The van der Waals surface area contributed by atoms with E-state index in [0.717, 1.165) is 38.4 Å². The Labute approximate surface area is 115 Å². The van der Waals surface area contributed by atoms with E-state index in [0.29, 0.717) is 11.8 Å². The molecule has 1 fully saturated rings. The minimum atomic E-state index is 0.150. The van der Waals surface area contributed by atoms with E-state index < -0.39 is 0 Å². The van der Waals surface area contributed by atoms with Crippen LogP contribution in [-0.2, 0) is 4.74 Å². The van der Waals surface area contributed by atoms with E-state index in [1.807, 2.05) is 18.2 Å². The number of nitrogens with zero attached hydrogens (tertiary/aromatic N) is 1. The van der Waals surface area contributed by atoms with Gasteiger partial charge >= 0.3 is 0 Å². The number of benzene rings is 1. The summed E-state index contributed by atoms with van der Waals surface area (Å²) in [6.07, 6.45) is 0. The van der Waals surface area contributed by atoms with Crippen LogP contribution in [0.1, 0.15) is 25.5 Å². The largest absolute Gasteiger partial charge is 0.508 e. The van der Waals surface area contributed by atoms with Crippen LogP contribution in [0.25, 0.3) is 0 Å². The van der Waals surface area contributed by atoms with Crippen LogP contribution < -0.4 is 5.32 Å². The molecule has 2 N–H and O–H groups in total. The Kier molecular flexibility index (Phi) is 5.19. The van der Waals surface area contributed by atoms with Gasteiger partial charge in [0.15, 0.2) is 0 Å². The zero-order chi connectivity index (χ0) is 13.7. The molecule has 19 heavy (non-hydrogen) atoms.